The van der Waals surface area contributed by atoms with Gasteiger partial charge in [-0.15, -0.1) is 11.3 Å². The van der Waals surface area contributed by atoms with Crippen LogP contribution in [0.3, 0.4) is 0 Å². The minimum atomic E-state index is -0.00712. The van der Waals surface area contributed by atoms with Crippen LogP contribution >= 0.6 is 11.3 Å². The third-order valence-electron chi connectivity index (χ3n) is 2.75. The summed E-state index contributed by atoms with van der Waals surface area (Å²) in [7, 11) is 0. The van der Waals surface area contributed by atoms with E-state index < -0.39 is 0 Å². The number of hydrogen-bond acceptors (Lipinski definition) is 4. The number of carbonyl (C=O) groups excluding carboxylic acids is 1. The molecule has 0 aliphatic carbocycles. The highest BCUT2D eigenvalue weighted by atomic mass is 32.1. The molecule has 0 saturated heterocycles. The summed E-state index contributed by atoms with van der Waals surface area (Å²) in [4.78, 5) is 16.5. The summed E-state index contributed by atoms with van der Waals surface area (Å²) in [6.45, 7) is 8.22. The highest BCUT2D eigenvalue weighted by molar-refractivity contribution is 7.09. The van der Waals surface area contributed by atoms with E-state index >= 15 is 0 Å². The van der Waals surface area contributed by atoms with Gasteiger partial charge in [-0.25, -0.2) is 4.98 Å². The second kappa shape index (κ2) is 4.69. The number of ketones is 1. The lowest BCUT2D eigenvalue weighted by molar-refractivity contribution is 0.0965. The molecule has 2 aromatic rings. The summed E-state index contributed by atoms with van der Waals surface area (Å²) in [5.41, 5.74) is 1.94. The predicted octanol–water partition coefficient (Wildman–Crippen LogP) is 3.77. The van der Waals surface area contributed by atoms with Crippen LogP contribution in [0.2, 0.25) is 0 Å². The van der Waals surface area contributed by atoms with Crippen molar-refractivity contribution in [2.24, 2.45) is 0 Å². The zero-order chi connectivity index (χ0) is 13.3. The number of aryl methyl sites for hydroxylation is 1. The van der Waals surface area contributed by atoms with Crippen LogP contribution in [-0.2, 0) is 11.8 Å². The maximum Gasteiger partial charge on any atom is 0.205 e. The molecule has 0 spiro atoms. The third kappa shape index (κ3) is 2.70. The molecule has 0 aliphatic heterocycles. The van der Waals surface area contributed by atoms with Crippen molar-refractivity contribution >= 4 is 17.1 Å². The first-order valence-corrected chi connectivity index (χ1v) is 6.78. The number of Topliss-reactive ketones (excluding diaryl/α,β-unsaturated/α-hetero) is 1. The summed E-state index contributed by atoms with van der Waals surface area (Å²) < 4.78 is 5.20. The van der Waals surface area contributed by atoms with E-state index in [1.165, 1.54) is 11.3 Å². The van der Waals surface area contributed by atoms with Gasteiger partial charge in [0.05, 0.1) is 18.4 Å². The predicted molar refractivity (Wildman–Crippen MR) is 72.3 cm³/mol. The van der Waals surface area contributed by atoms with Crippen LogP contribution in [0.1, 0.15) is 47.6 Å². The van der Waals surface area contributed by atoms with Crippen LogP contribution < -0.4 is 0 Å². The van der Waals surface area contributed by atoms with Crippen LogP contribution in [0.5, 0.6) is 0 Å². The van der Waals surface area contributed by atoms with E-state index in [-0.39, 0.29) is 11.2 Å². The summed E-state index contributed by atoms with van der Waals surface area (Å²) in [6, 6.07) is 1.80. The minimum absolute atomic E-state index is 0.00712. The average molecular weight is 263 g/mol. The zero-order valence-electron chi connectivity index (χ0n) is 11.1. The fraction of sp³-hybridized carbons (Fsp3) is 0.429. The summed E-state index contributed by atoms with van der Waals surface area (Å²) in [6.07, 6.45) is 1.86. The number of furan rings is 1. The van der Waals surface area contributed by atoms with Gasteiger partial charge in [0, 0.05) is 10.8 Å². The van der Waals surface area contributed by atoms with Gasteiger partial charge in [0.15, 0.2) is 5.76 Å². The molecule has 0 saturated carbocycles. The highest BCUT2D eigenvalue weighted by Crippen LogP contribution is 2.24. The van der Waals surface area contributed by atoms with E-state index in [9.17, 15) is 4.79 Å². The van der Waals surface area contributed by atoms with Crippen LogP contribution in [0.25, 0.3) is 0 Å². The van der Waals surface area contributed by atoms with Crippen molar-refractivity contribution in [1.82, 2.24) is 4.98 Å². The van der Waals surface area contributed by atoms with Gasteiger partial charge in [-0.1, -0.05) is 20.8 Å². The Labute approximate surface area is 111 Å². The van der Waals surface area contributed by atoms with Crippen molar-refractivity contribution in [1.29, 1.82) is 0 Å². The Morgan fingerprint density at radius 2 is 2.17 bits per heavy atom. The maximum atomic E-state index is 12.0. The molecule has 2 heterocycles. The van der Waals surface area contributed by atoms with Gasteiger partial charge in [-0.3, -0.25) is 4.79 Å². The van der Waals surface area contributed by atoms with E-state index in [2.05, 4.69) is 25.8 Å². The first kappa shape index (κ1) is 13.0. The van der Waals surface area contributed by atoms with Crippen LogP contribution in [0, 0.1) is 6.92 Å². The Morgan fingerprint density at radius 1 is 1.44 bits per heavy atom. The normalized spacial score (nSPS) is 11.8. The molecule has 96 valence electrons. The van der Waals surface area contributed by atoms with Gasteiger partial charge in [-0.05, 0) is 18.6 Å². The van der Waals surface area contributed by atoms with Crippen molar-refractivity contribution < 1.29 is 9.21 Å². The lowest BCUT2D eigenvalue weighted by Gasteiger charge is -2.14. The van der Waals surface area contributed by atoms with Crippen LogP contribution in [0.4, 0.5) is 0 Å². The van der Waals surface area contributed by atoms with E-state index in [1.54, 1.807) is 12.3 Å². The molecule has 2 rings (SSSR count). The van der Waals surface area contributed by atoms with E-state index in [1.807, 2.05) is 12.3 Å². The summed E-state index contributed by atoms with van der Waals surface area (Å²) in [5.74, 6) is 0.440. The van der Waals surface area contributed by atoms with Gasteiger partial charge >= 0.3 is 0 Å². The molecule has 0 radical (unpaired) electrons. The van der Waals surface area contributed by atoms with Gasteiger partial charge in [0.25, 0.3) is 0 Å². The molecule has 3 nitrogen and oxygen atoms in total. The van der Waals surface area contributed by atoms with Crippen molar-refractivity contribution in [2.75, 3.05) is 0 Å². The van der Waals surface area contributed by atoms with Gasteiger partial charge in [0.2, 0.25) is 5.78 Å². The fourth-order valence-electron chi connectivity index (χ4n) is 1.61. The number of nitrogens with zero attached hydrogens (tertiary/aromatic N) is 1. The molecule has 0 aromatic carbocycles. The monoisotopic (exact) mass is 263 g/mol. The molecule has 0 atom stereocenters. The molecule has 0 unspecified atom stereocenters. The quantitative estimate of drug-likeness (QED) is 0.792. The number of carbonyl (C=O) groups is 1. The lowest BCUT2D eigenvalue weighted by atomic mass is 9.93. The van der Waals surface area contributed by atoms with Crippen molar-refractivity contribution in [3.63, 3.8) is 0 Å². The van der Waals surface area contributed by atoms with E-state index in [4.69, 9.17) is 4.42 Å². The van der Waals surface area contributed by atoms with E-state index in [0.717, 1.165) is 16.3 Å². The fourth-order valence-corrected chi connectivity index (χ4v) is 2.63. The second-order valence-corrected chi connectivity index (χ2v) is 6.35. The lowest BCUT2D eigenvalue weighted by Crippen LogP contribution is -2.12. The van der Waals surface area contributed by atoms with Gasteiger partial charge in [0.1, 0.15) is 5.01 Å². The molecule has 18 heavy (non-hydrogen) atoms. The average Bonchev–Trinajstić information content (AvgIpc) is 2.85. The molecule has 0 fully saturated rings. The Hall–Kier alpha value is -1.42. The zero-order valence-corrected chi connectivity index (χ0v) is 11.9. The largest absolute Gasteiger partial charge is 0.461 e. The number of aromatic nitrogens is 1. The molecular weight excluding hydrogens is 246 g/mol. The molecule has 4 heteroatoms. The highest BCUT2D eigenvalue weighted by Gasteiger charge is 2.20. The Kier molecular flexibility index (Phi) is 3.39. The Morgan fingerprint density at radius 3 is 2.67 bits per heavy atom. The van der Waals surface area contributed by atoms with Gasteiger partial charge < -0.3 is 4.42 Å². The molecule has 0 bridgehead atoms. The molecule has 2 aromatic heterocycles. The number of hydrogen-bond donors (Lipinski definition) is 0. The Balaban J connectivity index is 2.13. The van der Waals surface area contributed by atoms with Gasteiger partial charge in [-0.2, -0.15) is 0 Å². The maximum absolute atomic E-state index is 12.0. The smallest absolute Gasteiger partial charge is 0.205 e. The number of rotatable bonds is 3. The standard InChI is InChI=1S/C14H17NO2S/c1-9-5-6-17-13(9)10(16)7-12-15-11(8-18-12)14(2,3)4/h5-6,8H,7H2,1-4H3. The van der Waals surface area contributed by atoms with Crippen molar-refractivity contribution in [2.45, 2.75) is 39.5 Å². The molecule has 0 amide bonds. The van der Waals surface area contributed by atoms with Crippen LogP contribution in [-0.4, -0.2) is 10.8 Å². The van der Waals surface area contributed by atoms with E-state index in [0.29, 0.717) is 12.2 Å². The van der Waals surface area contributed by atoms with Crippen molar-refractivity contribution in [3.8, 4) is 0 Å². The molecule has 0 aliphatic rings. The summed E-state index contributed by atoms with van der Waals surface area (Å²) in [5, 5.41) is 2.87. The first-order chi connectivity index (χ1) is 8.38. The first-order valence-electron chi connectivity index (χ1n) is 5.90. The third-order valence-corrected chi connectivity index (χ3v) is 3.60. The SMILES string of the molecule is Cc1ccoc1C(=O)Cc1nc(C(C)(C)C)cs1. The van der Waals surface area contributed by atoms with Crippen molar-refractivity contribution in [3.05, 3.63) is 39.7 Å². The van der Waals surface area contributed by atoms with Crippen LogP contribution in [0.15, 0.2) is 22.1 Å². The second-order valence-electron chi connectivity index (χ2n) is 5.41. The summed E-state index contributed by atoms with van der Waals surface area (Å²) >= 11 is 1.53. The molecular formula is C14H17NO2S. The topological polar surface area (TPSA) is 43.1 Å². The Bertz CT molecular complexity index is 560. The minimum Gasteiger partial charge on any atom is -0.461 e. The number of thiazole rings is 1. The molecule has 0 N–H and O–H groups in total.